The fourth-order valence-corrected chi connectivity index (χ4v) is 3.54. The van der Waals surface area contributed by atoms with Gasteiger partial charge in [0.05, 0.1) is 0 Å². The van der Waals surface area contributed by atoms with E-state index in [0.29, 0.717) is 17.6 Å². The third-order valence-electron chi connectivity index (χ3n) is 4.85. The van der Waals surface area contributed by atoms with Crippen molar-refractivity contribution in [1.82, 2.24) is 20.6 Å². The first-order valence-electron chi connectivity index (χ1n) is 8.79. The number of nitrogens with zero attached hydrogens (tertiary/aromatic N) is 4. The molecular formula is C17H24N6O. The molecule has 0 bridgehead atoms. The van der Waals surface area contributed by atoms with Gasteiger partial charge in [-0.15, -0.1) is 0 Å². The van der Waals surface area contributed by atoms with Gasteiger partial charge in [0.2, 0.25) is 0 Å². The molecule has 1 aliphatic heterocycles. The van der Waals surface area contributed by atoms with Gasteiger partial charge in [-0.3, -0.25) is 0 Å². The van der Waals surface area contributed by atoms with E-state index in [1.165, 1.54) is 25.5 Å². The van der Waals surface area contributed by atoms with Crippen molar-refractivity contribution in [2.24, 2.45) is 0 Å². The van der Waals surface area contributed by atoms with Gasteiger partial charge in [0.25, 0.3) is 0 Å². The Morgan fingerprint density at radius 3 is 2.33 bits per heavy atom. The minimum atomic E-state index is -0.0439. The first-order chi connectivity index (χ1) is 11.8. The Morgan fingerprint density at radius 2 is 1.67 bits per heavy atom. The third-order valence-corrected chi connectivity index (χ3v) is 4.85. The van der Waals surface area contributed by atoms with Crippen LogP contribution in [-0.4, -0.2) is 41.2 Å². The molecule has 2 amide bonds. The molecule has 2 N–H and O–H groups in total. The maximum Gasteiger partial charge on any atom is 0.315 e. The minimum absolute atomic E-state index is 0.0439. The second-order valence-electron chi connectivity index (χ2n) is 6.55. The number of amides is 2. The van der Waals surface area contributed by atoms with Gasteiger partial charge in [-0.1, -0.05) is 19.3 Å². The number of hydrogen-bond acceptors (Lipinski definition) is 5. The highest BCUT2D eigenvalue weighted by molar-refractivity contribution is 5.74. The molecule has 1 aromatic heterocycles. The predicted molar refractivity (Wildman–Crippen MR) is 90.5 cm³/mol. The van der Waals surface area contributed by atoms with Gasteiger partial charge in [-0.25, -0.2) is 14.8 Å². The van der Waals surface area contributed by atoms with Crippen LogP contribution in [0.2, 0.25) is 0 Å². The van der Waals surface area contributed by atoms with Gasteiger partial charge in [0.1, 0.15) is 6.07 Å². The number of aromatic nitrogens is 2. The quantitative estimate of drug-likeness (QED) is 0.884. The number of nitriles is 1. The SMILES string of the molecule is N#Cc1nccnc1N1CCC(NC(=O)NC2CCCCC2)CC1. The van der Waals surface area contributed by atoms with Gasteiger partial charge in [-0.2, -0.15) is 5.26 Å². The molecule has 2 heterocycles. The lowest BCUT2D eigenvalue weighted by molar-refractivity contribution is 0.226. The first-order valence-corrected chi connectivity index (χ1v) is 8.79. The van der Waals surface area contributed by atoms with Crippen LogP contribution in [0, 0.1) is 11.3 Å². The summed E-state index contributed by atoms with van der Waals surface area (Å²) in [5, 5.41) is 15.3. The molecule has 7 heteroatoms. The summed E-state index contributed by atoms with van der Waals surface area (Å²) in [5.74, 6) is 0.644. The molecule has 1 saturated heterocycles. The van der Waals surface area contributed by atoms with Gasteiger partial charge < -0.3 is 15.5 Å². The molecule has 0 unspecified atom stereocenters. The zero-order valence-corrected chi connectivity index (χ0v) is 13.9. The van der Waals surface area contributed by atoms with Gasteiger partial charge >= 0.3 is 6.03 Å². The summed E-state index contributed by atoms with van der Waals surface area (Å²) in [6, 6.07) is 2.55. The van der Waals surface area contributed by atoms with E-state index in [0.717, 1.165) is 38.8 Å². The summed E-state index contributed by atoms with van der Waals surface area (Å²) < 4.78 is 0. The van der Waals surface area contributed by atoms with E-state index >= 15 is 0 Å². The highest BCUT2D eigenvalue weighted by Crippen LogP contribution is 2.20. The molecule has 7 nitrogen and oxygen atoms in total. The van der Waals surface area contributed by atoms with Crippen LogP contribution < -0.4 is 15.5 Å². The van der Waals surface area contributed by atoms with Crippen LogP contribution in [0.4, 0.5) is 10.6 Å². The number of anilines is 1. The molecule has 0 spiro atoms. The van der Waals surface area contributed by atoms with Crippen molar-refractivity contribution in [1.29, 1.82) is 5.26 Å². The molecule has 1 aliphatic carbocycles. The van der Waals surface area contributed by atoms with E-state index < -0.39 is 0 Å². The number of nitrogens with one attached hydrogen (secondary N) is 2. The normalized spacial score (nSPS) is 19.5. The van der Waals surface area contributed by atoms with E-state index in [4.69, 9.17) is 5.26 Å². The van der Waals surface area contributed by atoms with E-state index in [9.17, 15) is 4.79 Å². The number of carbonyl (C=O) groups excluding carboxylic acids is 1. The molecular weight excluding hydrogens is 304 g/mol. The highest BCUT2D eigenvalue weighted by atomic mass is 16.2. The smallest absolute Gasteiger partial charge is 0.315 e. The molecule has 0 atom stereocenters. The molecule has 2 fully saturated rings. The second-order valence-corrected chi connectivity index (χ2v) is 6.55. The van der Waals surface area contributed by atoms with Gasteiger partial charge in [0.15, 0.2) is 11.5 Å². The summed E-state index contributed by atoms with van der Waals surface area (Å²) in [5.41, 5.74) is 0.360. The molecule has 0 radical (unpaired) electrons. The summed E-state index contributed by atoms with van der Waals surface area (Å²) in [6.45, 7) is 1.53. The Kier molecular flexibility index (Phi) is 5.47. The second kappa shape index (κ2) is 7.95. The molecule has 128 valence electrons. The lowest BCUT2D eigenvalue weighted by Crippen LogP contribution is -2.50. The molecule has 1 saturated carbocycles. The molecule has 0 aromatic carbocycles. The van der Waals surface area contributed by atoms with Crippen molar-refractivity contribution < 1.29 is 4.79 Å². The van der Waals surface area contributed by atoms with Crippen molar-refractivity contribution in [3.63, 3.8) is 0 Å². The minimum Gasteiger partial charge on any atom is -0.354 e. The Bertz CT molecular complexity index is 599. The fourth-order valence-electron chi connectivity index (χ4n) is 3.54. The summed E-state index contributed by atoms with van der Waals surface area (Å²) in [7, 11) is 0. The van der Waals surface area contributed by atoms with Crippen LogP contribution in [-0.2, 0) is 0 Å². The van der Waals surface area contributed by atoms with E-state index in [1.807, 2.05) is 0 Å². The number of hydrogen-bond donors (Lipinski definition) is 2. The summed E-state index contributed by atoms with van der Waals surface area (Å²) in [6.07, 6.45) is 10.7. The molecule has 3 rings (SSSR count). The summed E-state index contributed by atoms with van der Waals surface area (Å²) >= 11 is 0. The van der Waals surface area contributed by atoms with Crippen LogP contribution in [0.5, 0.6) is 0 Å². The molecule has 24 heavy (non-hydrogen) atoms. The van der Waals surface area contributed by atoms with Crippen LogP contribution in [0.15, 0.2) is 12.4 Å². The van der Waals surface area contributed by atoms with Crippen LogP contribution in [0.25, 0.3) is 0 Å². The fraction of sp³-hybridized carbons (Fsp3) is 0.647. The number of carbonyl (C=O) groups is 1. The first kappa shape index (κ1) is 16.5. The number of urea groups is 1. The Balaban J connectivity index is 1.46. The van der Waals surface area contributed by atoms with Gasteiger partial charge in [0, 0.05) is 37.6 Å². The zero-order chi connectivity index (χ0) is 16.8. The van der Waals surface area contributed by atoms with Crippen molar-refractivity contribution in [2.75, 3.05) is 18.0 Å². The van der Waals surface area contributed by atoms with Crippen molar-refractivity contribution in [3.05, 3.63) is 18.1 Å². The van der Waals surface area contributed by atoms with Crippen molar-refractivity contribution in [2.45, 2.75) is 57.0 Å². The Morgan fingerprint density at radius 1 is 1.04 bits per heavy atom. The number of rotatable bonds is 3. The van der Waals surface area contributed by atoms with Gasteiger partial charge in [-0.05, 0) is 25.7 Å². The topological polar surface area (TPSA) is 93.9 Å². The lowest BCUT2D eigenvalue weighted by atomic mass is 9.96. The average Bonchev–Trinajstić information content (AvgIpc) is 2.63. The standard InChI is InChI=1S/C17H24N6O/c18-12-15-16(20-9-8-19-15)23-10-6-14(7-11-23)22-17(24)21-13-4-2-1-3-5-13/h8-9,13-14H,1-7,10-11H2,(H2,21,22,24). The van der Waals surface area contributed by atoms with Crippen molar-refractivity contribution >= 4 is 11.8 Å². The van der Waals surface area contributed by atoms with E-state index in [2.05, 4.69) is 31.6 Å². The van der Waals surface area contributed by atoms with Crippen molar-refractivity contribution in [3.8, 4) is 6.07 Å². The lowest BCUT2D eigenvalue weighted by Gasteiger charge is -2.33. The van der Waals surface area contributed by atoms with E-state index in [-0.39, 0.29) is 12.1 Å². The summed E-state index contributed by atoms with van der Waals surface area (Å²) in [4.78, 5) is 22.5. The van der Waals surface area contributed by atoms with E-state index in [1.54, 1.807) is 6.20 Å². The zero-order valence-electron chi connectivity index (χ0n) is 13.9. The average molecular weight is 328 g/mol. The van der Waals surface area contributed by atoms with Crippen LogP contribution in [0.1, 0.15) is 50.6 Å². The highest BCUT2D eigenvalue weighted by Gasteiger charge is 2.24. The molecule has 1 aromatic rings. The maximum atomic E-state index is 12.1. The van der Waals surface area contributed by atoms with Crippen LogP contribution in [0.3, 0.4) is 0 Å². The van der Waals surface area contributed by atoms with Crippen LogP contribution >= 0.6 is 0 Å². The predicted octanol–water partition coefficient (Wildman–Crippen LogP) is 1.95. The number of piperidine rings is 1. The monoisotopic (exact) mass is 328 g/mol. The largest absolute Gasteiger partial charge is 0.354 e. The third kappa shape index (κ3) is 4.13. The Hall–Kier alpha value is -2.36. The Labute approximate surface area is 142 Å². The molecule has 2 aliphatic rings. The maximum absolute atomic E-state index is 12.1.